The van der Waals surface area contributed by atoms with Crippen LogP contribution in [0.15, 0.2) is 42.9 Å². The summed E-state index contributed by atoms with van der Waals surface area (Å²) in [5.41, 5.74) is 21.5. The van der Waals surface area contributed by atoms with Gasteiger partial charge in [-0.25, -0.2) is 9.78 Å². The molecule has 0 aliphatic heterocycles. The Hall–Kier alpha value is -3.55. The molecule has 0 aliphatic rings. The van der Waals surface area contributed by atoms with Crippen molar-refractivity contribution in [1.82, 2.24) is 9.97 Å². The lowest BCUT2D eigenvalue weighted by Gasteiger charge is -2.09. The van der Waals surface area contributed by atoms with Crippen LogP contribution < -0.4 is 22.5 Å². The number of nitrogens with zero attached hydrogens (tertiary/aromatic N) is 2. The molecule has 0 saturated heterocycles. The minimum absolute atomic E-state index is 0.331. The molecule has 0 aliphatic carbocycles. The van der Waals surface area contributed by atoms with Gasteiger partial charge in [-0.3, -0.25) is 10.3 Å². The molecule has 2 heterocycles. The first kappa shape index (κ1) is 17.8. The molecule has 2 rings (SSSR count). The molecule has 0 aromatic carbocycles. The smallest absolute Gasteiger partial charge is 0.412 e. The van der Waals surface area contributed by atoms with Gasteiger partial charge in [0.15, 0.2) is 0 Å². The first-order chi connectivity index (χ1) is 11.9. The highest BCUT2D eigenvalue weighted by molar-refractivity contribution is 5.87. The standard InChI is InChI=1S/C17H20N6O2/c1-10-14(7-13(19)9-22-10)15(20)5-12(8-18)11-3-4-21-16(6-11)23-17(24)25-2/h3-9H,18-20H2,1-2H3,(H,21,23,24)/b12-8+,15-5-. The summed E-state index contributed by atoms with van der Waals surface area (Å²) in [7, 11) is 1.27. The van der Waals surface area contributed by atoms with Crippen molar-refractivity contribution < 1.29 is 9.53 Å². The summed E-state index contributed by atoms with van der Waals surface area (Å²) >= 11 is 0. The average Bonchev–Trinajstić information content (AvgIpc) is 2.61. The minimum Gasteiger partial charge on any atom is -0.453 e. The highest BCUT2D eigenvalue weighted by Crippen LogP contribution is 2.23. The summed E-state index contributed by atoms with van der Waals surface area (Å²) in [6.07, 6.45) is 5.63. The number of ether oxygens (including phenoxy) is 1. The third-order valence-electron chi connectivity index (χ3n) is 3.42. The van der Waals surface area contributed by atoms with E-state index in [-0.39, 0.29) is 0 Å². The number of methoxy groups -OCH3 is 1. The predicted molar refractivity (Wildman–Crippen MR) is 98.0 cm³/mol. The van der Waals surface area contributed by atoms with Crippen LogP contribution in [0.5, 0.6) is 0 Å². The van der Waals surface area contributed by atoms with Gasteiger partial charge in [-0.15, -0.1) is 0 Å². The molecule has 0 bridgehead atoms. The molecular weight excluding hydrogens is 320 g/mol. The summed E-state index contributed by atoms with van der Waals surface area (Å²) < 4.78 is 4.55. The second-order valence-corrected chi connectivity index (χ2v) is 5.17. The molecule has 0 spiro atoms. The van der Waals surface area contributed by atoms with E-state index in [1.54, 1.807) is 36.7 Å². The maximum Gasteiger partial charge on any atom is 0.412 e. The van der Waals surface area contributed by atoms with Crippen LogP contribution in [0.2, 0.25) is 0 Å². The fourth-order valence-corrected chi connectivity index (χ4v) is 2.15. The van der Waals surface area contributed by atoms with Crippen LogP contribution in [-0.2, 0) is 4.74 Å². The van der Waals surface area contributed by atoms with Crippen molar-refractivity contribution in [2.24, 2.45) is 11.5 Å². The number of hydrogen-bond acceptors (Lipinski definition) is 7. The number of nitrogens with one attached hydrogen (secondary N) is 1. The number of aryl methyl sites for hydroxylation is 1. The molecule has 0 fully saturated rings. The van der Waals surface area contributed by atoms with Crippen molar-refractivity contribution in [1.29, 1.82) is 0 Å². The van der Waals surface area contributed by atoms with Gasteiger partial charge in [0.05, 0.1) is 19.0 Å². The van der Waals surface area contributed by atoms with Crippen molar-refractivity contribution in [2.75, 3.05) is 18.2 Å². The number of pyridine rings is 2. The SMILES string of the molecule is COC(=O)Nc1cc(C(/C=C(\N)c2cc(N)cnc2C)=C/N)ccn1. The van der Waals surface area contributed by atoms with Gasteiger partial charge in [-0.2, -0.15) is 0 Å². The van der Waals surface area contributed by atoms with Crippen molar-refractivity contribution in [3.63, 3.8) is 0 Å². The second kappa shape index (κ2) is 7.82. The zero-order chi connectivity index (χ0) is 18.4. The van der Waals surface area contributed by atoms with E-state index < -0.39 is 6.09 Å². The Balaban J connectivity index is 2.35. The molecule has 25 heavy (non-hydrogen) atoms. The molecule has 7 N–H and O–H groups in total. The van der Waals surface area contributed by atoms with Crippen molar-refractivity contribution in [2.45, 2.75) is 6.92 Å². The largest absolute Gasteiger partial charge is 0.453 e. The number of amides is 1. The maximum absolute atomic E-state index is 11.3. The first-order valence-corrected chi connectivity index (χ1v) is 7.37. The molecule has 0 radical (unpaired) electrons. The lowest BCUT2D eigenvalue weighted by molar-refractivity contribution is 0.187. The van der Waals surface area contributed by atoms with Gasteiger partial charge in [-0.1, -0.05) is 0 Å². The van der Waals surface area contributed by atoms with Gasteiger partial charge in [0, 0.05) is 29.4 Å². The molecule has 8 nitrogen and oxygen atoms in total. The molecule has 0 unspecified atom stereocenters. The van der Waals surface area contributed by atoms with Crippen molar-refractivity contribution in [3.05, 3.63) is 59.7 Å². The van der Waals surface area contributed by atoms with E-state index in [0.29, 0.717) is 22.8 Å². The number of anilines is 2. The Morgan fingerprint density at radius 1 is 1.32 bits per heavy atom. The predicted octanol–water partition coefficient (Wildman–Crippen LogP) is 1.84. The Bertz CT molecular complexity index is 845. The molecule has 1 amide bonds. The zero-order valence-corrected chi connectivity index (χ0v) is 14.0. The van der Waals surface area contributed by atoms with E-state index in [2.05, 4.69) is 20.0 Å². The molecule has 2 aromatic rings. The second-order valence-electron chi connectivity index (χ2n) is 5.17. The number of carbonyl (C=O) groups excluding carboxylic acids is 1. The number of nitrogens with two attached hydrogens (primary N) is 3. The fourth-order valence-electron chi connectivity index (χ4n) is 2.15. The number of aromatic nitrogens is 2. The van der Waals surface area contributed by atoms with E-state index in [0.717, 1.165) is 16.8 Å². The molecular formula is C17H20N6O2. The van der Waals surface area contributed by atoms with Gasteiger partial charge in [0.1, 0.15) is 5.82 Å². The van der Waals surface area contributed by atoms with Crippen LogP contribution in [0.1, 0.15) is 16.8 Å². The summed E-state index contributed by atoms with van der Waals surface area (Å²) in [6, 6.07) is 5.15. The monoisotopic (exact) mass is 340 g/mol. The molecule has 0 atom stereocenters. The Morgan fingerprint density at radius 2 is 2.08 bits per heavy atom. The first-order valence-electron chi connectivity index (χ1n) is 7.37. The number of allylic oxidation sites excluding steroid dienone is 2. The Labute approximate surface area is 145 Å². The van der Waals surface area contributed by atoms with Crippen molar-refractivity contribution >= 4 is 28.9 Å². The lowest BCUT2D eigenvalue weighted by Crippen LogP contribution is -2.12. The van der Waals surface area contributed by atoms with Gasteiger partial charge >= 0.3 is 6.09 Å². The van der Waals surface area contributed by atoms with Gasteiger partial charge in [0.2, 0.25) is 0 Å². The van der Waals surface area contributed by atoms with Crippen LogP contribution >= 0.6 is 0 Å². The summed E-state index contributed by atoms with van der Waals surface area (Å²) in [5, 5.41) is 2.49. The molecule has 0 saturated carbocycles. The topological polar surface area (TPSA) is 142 Å². The molecule has 8 heteroatoms. The van der Waals surface area contributed by atoms with Gasteiger partial charge < -0.3 is 21.9 Å². The summed E-state index contributed by atoms with van der Waals surface area (Å²) in [6.45, 7) is 1.84. The van der Waals surface area contributed by atoms with Crippen LogP contribution in [0, 0.1) is 6.92 Å². The van der Waals surface area contributed by atoms with Crippen LogP contribution in [-0.4, -0.2) is 23.2 Å². The third-order valence-corrected chi connectivity index (χ3v) is 3.42. The van der Waals surface area contributed by atoms with E-state index in [4.69, 9.17) is 17.2 Å². The van der Waals surface area contributed by atoms with E-state index in [1.807, 2.05) is 6.92 Å². The Kier molecular flexibility index (Phi) is 5.57. The normalized spacial score (nSPS) is 11.9. The minimum atomic E-state index is -0.612. The quantitative estimate of drug-likeness (QED) is 0.622. The van der Waals surface area contributed by atoms with Gasteiger partial charge in [0.25, 0.3) is 0 Å². The Morgan fingerprint density at radius 3 is 2.76 bits per heavy atom. The zero-order valence-electron chi connectivity index (χ0n) is 14.0. The fraction of sp³-hybridized carbons (Fsp3) is 0.118. The highest BCUT2D eigenvalue weighted by atomic mass is 16.5. The van der Waals surface area contributed by atoms with Gasteiger partial charge in [-0.05, 0) is 42.3 Å². The highest BCUT2D eigenvalue weighted by Gasteiger charge is 2.08. The van der Waals surface area contributed by atoms with Crippen LogP contribution in [0.3, 0.4) is 0 Å². The van der Waals surface area contributed by atoms with Crippen molar-refractivity contribution in [3.8, 4) is 0 Å². The van der Waals surface area contributed by atoms with Crippen LogP contribution in [0.4, 0.5) is 16.3 Å². The van der Waals surface area contributed by atoms with E-state index in [1.165, 1.54) is 13.3 Å². The van der Waals surface area contributed by atoms with E-state index in [9.17, 15) is 4.79 Å². The van der Waals surface area contributed by atoms with E-state index >= 15 is 0 Å². The number of carbonyl (C=O) groups is 1. The third kappa shape index (κ3) is 4.47. The lowest BCUT2D eigenvalue weighted by atomic mass is 10.0. The number of hydrogen-bond donors (Lipinski definition) is 4. The van der Waals surface area contributed by atoms with Crippen LogP contribution in [0.25, 0.3) is 11.3 Å². The molecule has 130 valence electrons. The number of nitrogen functional groups attached to an aromatic ring is 1. The maximum atomic E-state index is 11.3. The summed E-state index contributed by atoms with van der Waals surface area (Å²) in [4.78, 5) is 19.5. The number of rotatable bonds is 4. The summed E-state index contributed by atoms with van der Waals surface area (Å²) in [5.74, 6) is 0.331. The average molecular weight is 340 g/mol. The molecule has 2 aromatic heterocycles.